The van der Waals surface area contributed by atoms with Crippen LogP contribution < -0.4 is 0 Å². The van der Waals surface area contributed by atoms with Crippen LogP contribution >= 0.6 is 0 Å². The fraction of sp³-hybridized carbons (Fsp3) is 0.278. The number of nitrogens with zero attached hydrogens (tertiary/aromatic N) is 2. The van der Waals surface area contributed by atoms with E-state index in [1.54, 1.807) is 20.0 Å². The van der Waals surface area contributed by atoms with Crippen LogP contribution in [-0.4, -0.2) is 42.0 Å². The Morgan fingerprint density at radius 3 is 2.78 bits per heavy atom. The standard InChI is InChI=1S/C18H20N2O3/c1-3-23-18(22)12-13-20(2)17(21)11-10-15-9-8-14-6-4-5-7-16(14)19-15/h4-11H,3,12-13H2,1-2H3/b11-10-. The van der Waals surface area contributed by atoms with Crippen LogP contribution in [0.25, 0.3) is 17.0 Å². The van der Waals surface area contributed by atoms with Crippen LogP contribution in [-0.2, 0) is 14.3 Å². The second kappa shape index (κ2) is 8.08. The molecule has 0 aliphatic rings. The molecular weight excluding hydrogens is 292 g/mol. The smallest absolute Gasteiger partial charge is 0.307 e. The number of aromatic nitrogens is 1. The maximum atomic E-state index is 12.0. The highest BCUT2D eigenvalue weighted by molar-refractivity contribution is 5.92. The Labute approximate surface area is 135 Å². The summed E-state index contributed by atoms with van der Waals surface area (Å²) in [5.74, 6) is -0.475. The van der Waals surface area contributed by atoms with E-state index in [-0.39, 0.29) is 18.3 Å². The normalized spacial score (nSPS) is 10.9. The predicted molar refractivity (Wildman–Crippen MR) is 89.7 cm³/mol. The summed E-state index contributed by atoms with van der Waals surface area (Å²) >= 11 is 0. The molecule has 0 fully saturated rings. The van der Waals surface area contributed by atoms with Crippen LogP contribution in [0, 0.1) is 0 Å². The molecular formula is C18H20N2O3. The van der Waals surface area contributed by atoms with Gasteiger partial charge in [0.05, 0.1) is 24.2 Å². The summed E-state index contributed by atoms with van der Waals surface area (Å²) in [6.07, 6.45) is 3.33. The zero-order valence-electron chi connectivity index (χ0n) is 13.4. The molecule has 2 rings (SSSR count). The van der Waals surface area contributed by atoms with E-state index in [4.69, 9.17) is 4.74 Å². The highest BCUT2D eigenvalue weighted by Crippen LogP contribution is 2.12. The summed E-state index contributed by atoms with van der Waals surface area (Å²) in [5.41, 5.74) is 1.61. The van der Waals surface area contributed by atoms with Gasteiger partial charge in [0.2, 0.25) is 5.91 Å². The van der Waals surface area contributed by atoms with Crippen LogP contribution in [0.1, 0.15) is 19.0 Å². The minimum atomic E-state index is -0.299. The highest BCUT2D eigenvalue weighted by atomic mass is 16.5. The van der Waals surface area contributed by atoms with Crippen LogP contribution in [0.15, 0.2) is 42.5 Å². The second-order valence-electron chi connectivity index (χ2n) is 5.08. The Balaban J connectivity index is 1.94. The fourth-order valence-corrected chi connectivity index (χ4v) is 2.06. The Hall–Kier alpha value is -2.69. The second-order valence-corrected chi connectivity index (χ2v) is 5.08. The van der Waals surface area contributed by atoms with Crippen molar-refractivity contribution in [2.45, 2.75) is 13.3 Å². The number of rotatable bonds is 6. The van der Waals surface area contributed by atoms with Gasteiger partial charge in [0.25, 0.3) is 0 Å². The fourth-order valence-electron chi connectivity index (χ4n) is 2.06. The van der Waals surface area contributed by atoms with Crippen molar-refractivity contribution in [3.05, 3.63) is 48.2 Å². The number of para-hydroxylation sites is 1. The van der Waals surface area contributed by atoms with Crippen molar-refractivity contribution < 1.29 is 14.3 Å². The van der Waals surface area contributed by atoms with E-state index in [0.717, 1.165) is 16.6 Å². The van der Waals surface area contributed by atoms with Crippen molar-refractivity contribution in [3.63, 3.8) is 0 Å². The topological polar surface area (TPSA) is 59.5 Å². The number of benzene rings is 1. The van der Waals surface area contributed by atoms with Gasteiger partial charge in [-0.05, 0) is 25.1 Å². The maximum absolute atomic E-state index is 12.0. The first kappa shape index (κ1) is 16.7. The molecule has 23 heavy (non-hydrogen) atoms. The average Bonchev–Trinajstić information content (AvgIpc) is 2.57. The first-order chi connectivity index (χ1) is 11.1. The van der Waals surface area contributed by atoms with Crippen LogP contribution in [0.2, 0.25) is 0 Å². The van der Waals surface area contributed by atoms with Crippen LogP contribution in [0.5, 0.6) is 0 Å². The number of hydrogen-bond donors (Lipinski definition) is 0. The summed E-state index contributed by atoms with van der Waals surface area (Å²) < 4.78 is 4.84. The number of carbonyl (C=O) groups is 2. The number of esters is 1. The van der Waals surface area contributed by atoms with Gasteiger partial charge in [-0.15, -0.1) is 0 Å². The number of carbonyl (C=O) groups excluding carboxylic acids is 2. The molecule has 2 aromatic rings. The molecule has 0 saturated heterocycles. The van der Waals surface area contributed by atoms with Gasteiger partial charge in [0, 0.05) is 25.1 Å². The van der Waals surface area contributed by atoms with Crippen molar-refractivity contribution in [1.82, 2.24) is 9.88 Å². The third-order valence-corrected chi connectivity index (χ3v) is 3.35. The summed E-state index contributed by atoms with van der Waals surface area (Å²) in [4.78, 5) is 29.2. The van der Waals surface area contributed by atoms with Gasteiger partial charge in [-0.3, -0.25) is 9.59 Å². The van der Waals surface area contributed by atoms with E-state index in [1.807, 2.05) is 36.4 Å². The SMILES string of the molecule is CCOC(=O)CCN(C)C(=O)/C=C\c1ccc2ccccc2n1. The highest BCUT2D eigenvalue weighted by Gasteiger charge is 2.08. The molecule has 5 nitrogen and oxygen atoms in total. The van der Waals surface area contributed by atoms with Gasteiger partial charge in [-0.2, -0.15) is 0 Å². The zero-order chi connectivity index (χ0) is 16.7. The minimum absolute atomic E-state index is 0.177. The molecule has 0 unspecified atom stereocenters. The zero-order valence-corrected chi connectivity index (χ0v) is 13.4. The molecule has 1 aromatic heterocycles. The lowest BCUT2D eigenvalue weighted by atomic mass is 10.2. The number of pyridine rings is 1. The van der Waals surface area contributed by atoms with Gasteiger partial charge in [-0.25, -0.2) is 4.98 Å². The van der Waals surface area contributed by atoms with Crippen molar-refractivity contribution in [1.29, 1.82) is 0 Å². The van der Waals surface area contributed by atoms with E-state index in [9.17, 15) is 9.59 Å². The van der Waals surface area contributed by atoms with Gasteiger partial charge in [0.1, 0.15) is 0 Å². The summed E-state index contributed by atoms with van der Waals surface area (Å²) in [5, 5.41) is 1.06. The van der Waals surface area contributed by atoms with Crippen molar-refractivity contribution in [3.8, 4) is 0 Å². The Bertz CT molecular complexity index is 725. The van der Waals surface area contributed by atoms with Gasteiger partial charge in [0.15, 0.2) is 0 Å². The number of likely N-dealkylation sites (N-methyl/N-ethyl adjacent to an activating group) is 1. The lowest BCUT2D eigenvalue weighted by Crippen LogP contribution is -2.27. The van der Waals surface area contributed by atoms with E-state index < -0.39 is 0 Å². The molecule has 0 aliphatic carbocycles. The van der Waals surface area contributed by atoms with E-state index >= 15 is 0 Å². The summed E-state index contributed by atoms with van der Waals surface area (Å²) in [6.45, 7) is 2.43. The molecule has 1 amide bonds. The van der Waals surface area contributed by atoms with E-state index in [2.05, 4.69) is 4.98 Å². The Morgan fingerprint density at radius 2 is 2.00 bits per heavy atom. The monoisotopic (exact) mass is 312 g/mol. The maximum Gasteiger partial charge on any atom is 0.307 e. The summed E-state index contributed by atoms with van der Waals surface area (Å²) in [7, 11) is 1.65. The Kier molecular flexibility index (Phi) is 5.86. The lowest BCUT2D eigenvalue weighted by molar-refractivity contribution is -0.143. The Morgan fingerprint density at radius 1 is 1.22 bits per heavy atom. The summed E-state index contributed by atoms with van der Waals surface area (Å²) in [6, 6.07) is 11.6. The largest absolute Gasteiger partial charge is 0.466 e. The molecule has 1 heterocycles. The molecule has 0 spiro atoms. The average molecular weight is 312 g/mol. The van der Waals surface area contributed by atoms with Gasteiger partial charge >= 0.3 is 5.97 Å². The molecule has 0 aliphatic heterocycles. The quantitative estimate of drug-likeness (QED) is 0.608. The molecule has 5 heteroatoms. The number of fused-ring (bicyclic) bond motifs is 1. The third-order valence-electron chi connectivity index (χ3n) is 3.35. The van der Waals surface area contributed by atoms with E-state index in [1.165, 1.54) is 11.0 Å². The molecule has 0 radical (unpaired) electrons. The van der Waals surface area contributed by atoms with Gasteiger partial charge in [-0.1, -0.05) is 24.3 Å². The molecule has 0 saturated carbocycles. The van der Waals surface area contributed by atoms with Crippen molar-refractivity contribution in [2.24, 2.45) is 0 Å². The molecule has 120 valence electrons. The molecule has 1 aromatic carbocycles. The number of amides is 1. The number of hydrogen-bond acceptors (Lipinski definition) is 4. The third kappa shape index (κ3) is 4.92. The number of ether oxygens (including phenoxy) is 1. The molecule has 0 atom stereocenters. The van der Waals surface area contributed by atoms with Crippen molar-refractivity contribution >= 4 is 28.9 Å². The van der Waals surface area contributed by atoms with Crippen molar-refractivity contribution in [2.75, 3.05) is 20.2 Å². The lowest BCUT2D eigenvalue weighted by Gasteiger charge is -2.14. The van der Waals surface area contributed by atoms with Crippen LogP contribution in [0.3, 0.4) is 0 Å². The molecule has 0 N–H and O–H groups in total. The van der Waals surface area contributed by atoms with E-state index in [0.29, 0.717) is 13.2 Å². The van der Waals surface area contributed by atoms with Gasteiger partial charge < -0.3 is 9.64 Å². The predicted octanol–water partition coefficient (Wildman–Crippen LogP) is 2.66. The minimum Gasteiger partial charge on any atom is -0.466 e. The molecule has 0 bridgehead atoms. The van der Waals surface area contributed by atoms with Crippen LogP contribution in [0.4, 0.5) is 0 Å². The first-order valence-electron chi connectivity index (χ1n) is 7.54. The first-order valence-corrected chi connectivity index (χ1v) is 7.54.